The number of ether oxygens (including phenoxy) is 1. The Morgan fingerprint density at radius 3 is 2.57 bits per heavy atom. The Kier molecular flexibility index (Phi) is 7.29. The Morgan fingerprint density at radius 2 is 1.90 bits per heavy atom. The summed E-state index contributed by atoms with van der Waals surface area (Å²) in [7, 11) is 1.58. The van der Waals surface area contributed by atoms with Gasteiger partial charge in [0.1, 0.15) is 5.75 Å². The first kappa shape index (κ1) is 17.0. The summed E-state index contributed by atoms with van der Waals surface area (Å²) in [5.41, 5.74) is 1.58. The third kappa shape index (κ3) is 6.29. The lowest BCUT2D eigenvalue weighted by molar-refractivity contribution is -0.137. The molecule has 0 aliphatic carbocycles. The van der Waals surface area contributed by atoms with Gasteiger partial charge in [-0.15, -0.1) is 0 Å². The van der Waals surface area contributed by atoms with Crippen molar-refractivity contribution in [3.63, 3.8) is 0 Å². The maximum absolute atomic E-state index is 12.0. The Bertz CT molecular complexity index is 485. The largest absolute Gasteiger partial charge is 0.496 e. The van der Waals surface area contributed by atoms with Gasteiger partial charge in [-0.3, -0.25) is 9.59 Å². The van der Waals surface area contributed by atoms with E-state index in [-0.39, 0.29) is 12.3 Å². The maximum Gasteiger partial charge on any atom is 0.303 e. The Morgan fingerprint density at radius 1 is 1.19 bits per heavy atom. The van der Waals surface area contributed by atoms with E-state index in [0.717, 1.165) is 24.8 Å². The van der Waals surface area contributed by atoms with Crippen molar-refractivity contribution in [1.29, 1.82) is 0 Å². The van der Waals surface area contributed by atoms with Gasteiger partial charge in [0.2, 0.25) is 0 Å². The third-order valence-electron chi connectivity index (χ3n) is 3.27. The lowest BCUT2D eigenvalue weighted by atomic mass is 10.1. The van der Waals surface area contributed by atoms with E-state index >= 15 is 0 Å². The fourth-order valence-corrected chi connectivity index (χ4v) is 2.02. The number of amides is 1. The first-order valence-corrected chi connectivity index (χ1v) is 7.19. The standard InChI is InChI=1S/C16H23NO4/c1-12-8-9-13(11-14(12)21-2)16(20)17-10-6-4-3-5-7-15(18)19/h8-9,11H,3-7,10H2,1-2H3,(H,17,20)(H,18,19). The molecule has 0 aliphatic rings. The topological polar surface area (TPSA) is 75.6 Å². The number of rotatable bonds is 9. The van der Waals surface area contributed by atoms with Crippen LogP contribution in [0.1, 0.15) is 48.0 Å². The second kappa shape index (κ2) is 9.00. The number of aliphatic carboxylic acids is 1. The zero-order valence-electron chi connectivity index (χ0n) is 12.6. The number of aryl methyl sites for hydroxylation is 1. The minimum absolute atomic E-state index is 0.112. The molecule has 116 valence electrons. The molecule has 0 unspecified atom stereocenters. The number of carboxylic acid groups (broad SMARTS) is 1. The molecule has 1 amide bonds. The van der Waals surface area contributed by atoms with Crippen LogP contribution in [0.15, 0.2) is 18.2 Å². The Balaban J connectivity index is 2.26. The molecule has 1 aromatic carbocycles. The van der Waals surface area contributed by atoms with Crippen molar-refractivity contribution in [3.8, 4) is 5.75 Å². The first-order chi connectivity index (χ1) is 10.0. The molecule has 0 heterocycles. The summed E-state index contributed by atoms with van der Waals surface area (Å²) in [4.78, 5) is 22.3. The summed E-state index contributed by atoms with van der Waals surface area (Å²) >= 11 is 0. The van der Waals surface area contributed by atoms with Gasteiger partial charge in [-0.2, -0.15) is 0 Å². The molecular weight excluding hydrogens is 270 g/mol. The van der Waals surface area contributed by atoms with Crippen LogP contribution in [0.5, 0.6) is 5.75 Å². The van der Waals surface area contributed by atoms with Crippen molar-refractivity contribution in [2.75, 3.05) is 13.7 Å². The van der Waals surface area contributed by atoms with E-state index in [1.54, 1.807) is 19.2 Å². The molecule has 0 saturated heterocycles. The predicted molar refractivity (Wildman–Crippen MR) is 80.8 cm³/mol. The van der Waals surface area contributed by atoms with Crippen molar-refractivity contribution in [1.82, 2.24) is 5.32 Å². The van der Waals surface area contributed by atoms with Gasteiger partial charge in [-0.25, -0.2) is 0 Å². The minimum atomic E-state index is -0.753. The Hall–Kier alpha value is -2.04. The average molecular weight is 293 g/mol. The lowest BCUT2D eigenvalue weighted by Gasteiger charge is -2.08. The van der Waals surface area contributed by atoms with Gasteiger partial charge in [0.25, 0.3) is 5.91 Å². The fraction of sp³-hybridized carbons (Fsp3) is 0.500. The molecule has 1 aromatic rings. The Labute approximate surface area is 125 Å². The van der Waals surface area contributed by atoms with E-state index in [0.29, 0.717) is 24.3 Å². The molecule has 0 bridgehead atoms. The molecule has 21 heavy (non-hydrogen) atoms. The van der Waals surface area contributed by atoms with Crippen molar-refractivity contribution in [3.05, 3.63) is 29.3 Å². The highest BCUT2D eigenvalue weighted by Gasteiger charge is 2.07. The molecule has 0 spiro atoms. The second-order valence-electron chi connectivity index (χ2n) is 5.00. The number of methoxy groups -OCH3 is 1. The van der Waals surface area contributed by atoms with E-state index in [1.807, 2.05) is 13.0 Å². The van der Waals surface area contributed by atoms with E-state index in [2.05, 4.69) is 5.32 Å². The zero-order valence-corrected chi connectivity index (χ0v) is 12.6. The number of hydrogen-bond donors (Lipinski definition) is 2. The second-order valence-corrected chi connectivity index (χ2v) is 5.00. The number of carboxylic acids is 1. The summed E-state index contributed by atoms with van der Waals surface area (Å²) in [6.45, 7) is 2.53. The number of hydrogen-bond acceptors (Lipinski definition) is 3. The van der Waals surface area contributed by atoms with Crippen molar-refractivity contribution < 1.29 is 19.4 Å². The van der Waals surface area contributed by atoms with Crippen LogP contribution in [-0.2, 0) is 4.79 Å². The molecule has 0 atom stereocenters. The van der Waals surface area contributed by atoms with Crippen molar-refractivity contribution in [2.24, 2.45) is 0 Å². The highest BCUT2D eigenvalue weighted by Crippen LogP contribution is 2.18. The molecule has 0 radical (unpaired) electrons. The average Bonchev–Trinajstić information content (AvgIpc) is 2.46. The molecular formula is C16H23NO4. The maximum atomic E-state index is 12.0. The van der Waals surface area contributed by atoms with Crippen LogP contribution in [0.25, 0.3) is 0 Å². The van der Waals surface area contributed by atoms with E-state index in [4.69, 9.17) is 9.84 Å². The lowest BCUT2D eigenvalue weighted by Crippen LogP contribution is -2.24. The van der Waals surface area contributed by atoms with Crippen LogP contribution < -0.4 is 10.1 Å². The summed E-state index contributed by atoms with van der Waals surface area (Å²) < 4.78 is 5.20. The molecule has 2 N–H and O–H groups in total. The number of nitrogens with one attached hydrogen (secondary N) is 1. The predicted octanol–water partition coefficient (Wildman–Crippen LogP) is 2.77. The van der Waals surface area contributed by atoms with E-state index in [1.165, 1.54) is 0 Å². The fourth-order valence-electron chi connectivity index (χ4n) is 2.02. The van der Waals surface area contributed by atoms with E-state index < -0.39 is 5.97 Å². The normalized spacial score (nSPS) is 10.2. The quantitative estimate of drug-likeness (QED) is 0.686. The molecule has 0 aliphatic heterocycles. The van der Waals surface area contributed by atoms with Crippen molar-refractivity contribution >= 4 is 11.9 Å². The van der Waals surface area contributed by atoms with Crippen molar-refractivity contribution in [2.45, 2.75) is 39.0 Å². The van der Waals surface area contributed by atoms with Crippen LogP contribution in [0.2, 0.25) is 0 Å². The summed E-state index contributed by atoms with van der Waals surface area (Å²) in [6.07, 6.45) is 3.56. The zero-order chi connectivity index (χ0) is 15.7. The summed E-state index contributed by atoms with van der Waals surface area (Å²) in [5.74, 6) is -0.160. The summed E-state index contributed by atoms with van der Waals surface area (Å²) in [5, 5.41) is 11.4. The molecule has 1 rings (SSSR count). The number of carbonyl (C=O) groups excluding carboxylic acids is 1. The molecule has 5 nitrogen and oxygen atoms in total. The molecule has 0 aromatic heterocycles. The van der Waals surface area contributed by atoms with Gasteiger partial charge in [0.05, 0.1) is 7.11 Å². The van der Waals surface area contributed by atoms with Crippen LogP contribution in [0.4, 0.5) is 0 Å². The van der Waals surface area contributed by atoms with Crippen LogP contribution in [0.3, 0.4) is 0 Å². The van der Waals surface area contributed by atoms with Crippen LogP contribution in [-0.4, -0.2) is 30.6 Å². The van der Waals surface area contributed by atoms with Crippen LogP contribution >= 0.6 is 0 Å². The smallest absolute Gasteiger partial charge is 0.303 e. The van der Waals surface area contributed by atoms with Gasteiger partial charge in [0.15, 0.2) is 0 Å². The first-order valence-electron chi connectivity index (χ1n) is 7.19. The number of carbonyl (C=O) groups is 2. The molecule has 0 saturated carbocycles. The highest BCUT2D eigenvalue weighted by atomic mass is 16.5. The van der Waals surface area contributed by atoms with E-state index in [9.17, 15) is 9.59 Å². The van der Waals surface area contributed by atoms with Gasteiger partial charge < -0.3 is 15.2 Å². The third-order valence-corrected chi connectivity index (χ3v) is 3.27. The van der Waals surface area contributed by atoms with Gasteiger partial charge in [0, 0.05) is 18.5 Å². The SMILES string of the molecule is COc1cc(C(=O)NCCCCCCC(=O)O)ccc1C. The molecule has 5 heteroatoms. The van der Waals surface area contributed by atoms with Gasteiger partial charge >= 0.3 is 5.97 Å². The van der Waals surface area contributed by atoms with Gasteiger partial charge in [-0.1, -0.05) is 18.9 Å². The highest BCUT2D eigenvalue weighted by molar-refractivity contribution is 5.94. The van der Waals surface area contributed by atoms with Gasteiger partial charge in [-0.05, 0) is 37.5 Å². The minimum Gasteiger partial charge on any atom is -0.496 e. The monoisotopic (exact) mass is 293 g/mol. The van der Waals surface area contributed by atoms with Crippen LogP contribution in [0, 0.1) is 6.92 Å². The number of benzene rings is 1. The number of unbranched alkanes of at least 4 members (excludes halogenated alkanes) is 3. The molecule has 0 fully saturated rings. The summed E-state index contributed by atoms with van der Waals surface area (Å²) in [6, 6.07) is 5.37.